The van der Waals surface area contributed by atoms with Crippen LogP contribution in [0.5, 0.6) is 5.75 Å². The molecular formula is C17H27ClN2O3. The number of hydrogen-bond donors (Lipinski definition) is 2. The smallest absolute Gasteiger partial charge is 0.246 e. The maximum absolute atomic E-state index is 11.6. The first-order chi connectivity index (χ1) is 10.8. The van der Waals surface area contributed by atoms with Gasteiger partial charge in [0, 0.05) is 6.54 Å². The number of para-hydroxylation sites is 1. The van der Waals surface area contributed by atoms with Gasteiger partial charge < -0.3 is 20.1 Å². The Labute approximate surface area is 144 Å². The van der Waals surface area contributed by atoms with Crippen molar-refractivity contribution in [3.05, 3.63) is 30.3 Å². The average molecular weight is 343 g/mol. The third-order valence-corrected chi connectivity index (χ3v) is 3.75. The molecule has 1 amide bonds. The van der Waals surface area contributed by atoms with E-state index in [1.54, 1.807) is 0 Å². The zero-order valence-electron chi connectivity index (χ0n) is 13.5. The quantitative estimate of drug-likeness (QED) is 0.674. The highest BCUT2D eigenvalue weighted by Crippen LogP contribution is 2.12. The Kier molecular flexibility index (Phi) is 10.4. The van der Waals surface area contributed by atoms with E-state index in [1.165, 1.54) is 12.8 Å². The summed E-state index contributed by atoms with van der Waals surface area (Å²) in [4.78, 5) is 11.6. The van der Waals surface area contributed by atoms with Crippen LogP contribution in [-0.2, 0) is 9.53 Å². The Morgan fingerprint density at radius 1 is 1.26 bits per heavy atom. The number of hydrogen-bond acceptors (Lipinski definition) is 4. The van der Waals surface area contributed by atoms with Gasteiger partial charge in [-0.05, 0) is 50.4 Å². The number of rotatable bonds is 9. The summed E-state index contributed by atoms with van der Waals surface area (Å²) in [6.07, 6.45) is 3.54. The summed E-state index contributed by atoms with van der Waals surface area (Å²) in [7, 11) is 0. The Balaban J connectivity index is 0.00000264. The van der Waals surface area contributed by atoms with Crippen molar-refractivity contribution < 1.29 is 14.3 Å². The molecule has 0 radical (unpaired) electrons. The van der Waals surface area contributed by atoms with Crippen LogP contribution in [0.1, 0.15) is 19.3 Å². The van der Waals surface area contributed by atoms with E-state index in [4.69, 9.17) is 9.47 Å². The van der Waals surface area contributed by atoms with Crippen LogP contribution in [0.4, 0.5) is 0 Å². The van der Waals surface area contributed by atoms with Gasteiger partial charge in [-0.25, -0.2) is 0 Å². The van der Waals surface area contributed by atoms with Crippen molar-refractivity contribution in [1.82, 2.24) is 10.6 Å². The zero-order valence-corrected chi connectivity index (χ0v) is 14.3. The van der Waals surface area contributed by atoms with E-state index in [-0.39, 0.29) is 24.9 Å². The number of nitrogens with one attached hydrogen (secondary N) is 2. The Hall–Kier alpha value is -1.30. The van der Waals surface area contributed by atoms with Gasteiger partial charge in [0.15, 0.2) is 0 Å². The van der Waals surface area contributed by atoms with E-state index < -0.39 is 0 Å². The lowest BCUT2D eigenvalue weighted by molar-refractivity contribution is -0.125. The number of benzene rings is 1. The molecule has 1 aromatic carbocycles. The Morgan fingerprint density at radius 2 is 2.09 bits per heavy atom. The van der Waals surface area contributed by atoms with Crippen molar-refractivity contribution in [2.75, 3.05) is 39.5 Å². The van der Waals surface area contributed by atoms with Gasteiger partial charge in [0.1, 0.15) is 19.0 Å². The van der Waals surface area contributed by atoms with E-state index in [1.807, 2.05) is 30.3 Å². The van der Waals surface area contributed by atoms with E-state index >= 15 is 0 Å². The second-order valence-electron chi connectivity index (χ2n) is 5.57. The lowest BCUT2D eigenvalue weighted by Crippen LogP contribution is -2.34. The van der Waals surface area contributed by atoms with Crippen LogP contribution < -0.4 is 15.4 Å². The highest BCUT2D eigenvalue weighted by molar-refractivity contribution is 5.85. The van der Waals surface area contributed by atoms with Crippen molar-refractivity contribution in [1.29, 1.82) is 0 Å². The molecule has 130 valence electrons. The van der Waals surface area contributed by atoms with Crippen LogP contribution in [0.25, 0.3) is 0 Å². The average Bonchev–Trinajstić information content (AvgIpc) is 2.56. The molecule has 1 aromatic rings. The molecule has 1 heterocycles. The van der Waals surface area contributed by atoms with Crippen LogP contribution in [0.3, 0.4) is 0 Å². The molecule has 1 aliphatic rings. The third kappa shape index (κ3) is 8.79. The monoisotopic (exact) mass is 342 g/mol. The molecule has 5 nitrogen and oxygen atoms in total. The maximum atomic E-state index is 11.6. The minimum Gasteiger partial charge on any atom is -0.491 e. The number of ether oxygens (including phenoxy) is 2. The normalized spacial score (nSPS) is 17.1. The summed E-state index contributed by atoms with van der Waals surface area (Å²) < 4.78 is 10.8. The molecule has 1 atom stereocenters. The summed E-state index contributed by atoms with van der Waals surface area (Å²) >= 11 is 0. The molecule has 1 fully saturated rings. The molecule has 0 aromatic heterocycles. The van der Waals surface area contributed by atoms with Gasteiger partial charge in [-0.3, -0.25) is 4.79 Å². The minimum absolute atomic E-state index is 0. The topological polar surface area (TPSA) is 59.6 Å². The summed E-state index contributed by atoms with van der Waals surface area (Å²) in [5, 5.41) is 6.29. The second-order valence-corrected chi connectivity index (χ2v) is 5.57. The fourth-order valence-corrected chi connectivity index (χ4v) is 2.54. The molecule has 2 N–H and O–H groups in total. The summed E-state index contributed by atoms with van der Waals surface area (Å²) in [5.74, 6) is 1.45. The number of amides is 1. The molecule has 1 unspecified atom stereocenters. The van der Waals surface area contributed by atoms with Gasteiger partial charge in [-0.2, -0.15) is 0 Å². The van der Waals surface area contributed by atoms with E-state index in [0.717, 1.165) is 31.8 Å². The largest absolute Gasteiger partial charge is 0.491 e. The van der Waals surface area contributed by atoms with Gasteiger partial charge in [0.2, 0.25) is 5.91 Å². The van der Waals surface area contributed by atoms with Gasteiger partial charge in [-0.15, -0.1) is 12.4 Å². The Morgan fingerprint density at radius 3 is 2.83 bits per heavy atom. The van der Waals surface area contributed by atoms with Crippen LogP contribution in [0.15, 0.2) is 30.3 Å². The molecular weight excluding hydrogens is 316 g/mol. The van der Waals surface area contributed by atoms with Crippen molar-refractivity contribution in [2.45, 2.75) is 19.3 Å². The summed E-state index contributed by atoms with van der Waals surface area (Å²) in [6, 6.07) is 9.58. The van der Waals surface area contributed by atoms with Gasteiger partial charge in [-0.1, -0.05) is 18.2 Å². The number of carbonyl (C=O) groups excluding carboxylic acids is 1. The SMILES string of the molecule is Cl.O=C(COCCOc1ccccc1)NCCC1CCCNC1. The third-order valence-electron chi connectivity index (χ3n) is 3.75. The maximum Gasteiger partial charge on any atom is 0.246 e. The molecule has 23 heavy (non-hydrogen) atoms. The van der Waals surface area contributed by atoms with Crippen LogP contribution >= 0.6 is 12.4 Å². The summed E-state index contributed by atoms with van der Waals surface area (Å²) in [6.45, 7) is 3.89. The van der Waals surface area contributed by atoms with Crippen LogP contribution in [-0.4, -0.2) is 45.4 Å². The van der Waals surface area contributed by atoms with E-state index in [2.05, 4.69) is 10.6 Å². The van der Waals surface area contributed by atoms with E-state index in [9.17, 15) is 4.79 Å². The highest BCUT2D eigenvalue weighted by Gasteiger charge is 2.12. The zero-order chi connectivity index (χ0) is 15.5. The molecule has 0 spiro atoms. The predicted octanol–water partition coefficient (Wildman–Crippen LogP) is 2.01. The predicted molar refractivity (Wildman–Crippen MR) is 93.2 cm³/mol. The number of carbonyl (C=O) groups is 1. The van der Waals surface area contributed by atoms with Crippen molar-refractivity contribution in [3.8, 4) is 5.75 Å². The lowest BCUT2D eigenvalue weighted by atomic mass is 9.96. The molecule has 0 saturated carbocycles. The molecule has 2 rings (SSSR count). The second kappa shape index (κ2) is 12.2. The first kappa shape index (κ1) is 19.7. The minimum atomic E-state index is -0.0523. The first-order valence-corrected chi connectivity index (χ1v) is 8.07. The number of piperidine rings is 1. The Bertz CT molecular complexity index is 425. The standard InChI is InChI=1S/C17H26N2O3.ClH/c20-17(19-10-8-15-5-4-9-18-13-15)14-21-11-12-22-16-6-2-1-3-7-16;/h1-3,6-7,15,18H,4-5,8-14H2,(H,19,20);1H. The fraction of sp³-hybridized carbons (Fsp3) is 0.588. The van der Waals surface area contributed by atoms with E-state index in [0.29, 0.717) is 19.1 Å². The molecule has 1 aliphatic heterocycles. The van der Waals surface area contributed by atoms with Crippen LogP contribution in [0.2, 0.25) is 0 Å². The van der Waals surface area contributed by atoms with Crippen LogP contribution in [0, 0.1) is 5.92 Å². The lowest BCUT2D eigenvalue weighted by Gasteiger charge is -2.22. The molecule has 0 aliphatic carbocycles. The van der Waals surface area contributed by atoms with Gasteiger partial charge in [0.05, 0.1) is 6.61 Å². The summed E-state index contributed by atoms with van der Waals surface area (Å²) in [5.41, 5.74) is 0. The highest BCUT2D eigenvalue weighted by atomic mass is 35.5. The van der Waals surface area contributed by atoms with Gasteiger partial charge in [0.25, 0.3) is 0 Å². The fourth-order valence-electron chi connectivity index (χ4n) is 2.54. The van der Waals surface area contributed by atoms with Crippen molar-refractivity contribution in [2.24, 2.45) is 5.92 Å². The van der Waals surface area contributed by atoms with Gasteiger partial charge >= 0.3 is 0 Å². The first-order valence-electron chi connectivity index (χ1n) is 8.07. The molecule has 6 heteroatoms. The van der Waals surface area contributed by atoms with Crippen molar-refractivity contribution >= 4 is 18.3 Å². The molecule has 1 saturated heterocycles. The number of halogens is 1. The van der Waals surface area contributed by atoms with Crippen molar-refractivity contribution in [3.63, 3.8) is 0 Å². The molecule has 0 bridgehead atoms.